The standard InChI is InChI=1S/C22H25FN4OS/c1-2-29-27-19-9-8-15(12-18(19)23)17-13-20(25-21-16(17)10-11-24-21)26-22(28)14-6-4-3-5-7-14/h8-14,27H,2-7H2,1H3,(H2,24,25,26,28). The van der Waals surface area contributed by atoms with Crippen LogP contribution in [-0.4, -0.2) is 21.6 Å². The van der Waals surface area contributed by atoms with Crippen molar-refractivity contribution in [1.29, 1.82) is 0 Å². The van der Waals surface area contributed by atoms with Gasteiger partial charge in [-0.3, -0.25) is 4.79 Å². The molecule has 3 N–H and O–H groups in total. The maximum atomic E-state index is 14.6. The largest absolute Gasteiger partial charge is 0.346 e. The average molecular weight is 413 g/mol. The molecule has 5 nitrogen and oxygen atoms in total. The minimum Gasteiger partial charge on any atom is -0.346 e. The zero-order valence-corrected chi connectivity index (χ0v) is 17.2. The van der Waals surface area contributed by atoms with Crippen LogP contribution in [0, 0.1) is 11.7 Å². The Morgan fingerprint density at radius 1 is 1.24 bits per heavy atom. The third kappa shape index (κ3) is 4.40. The highest BCUT2D eigenvalue weighted by atomic mass is 32.2. The van der Waals surface area contributed by atoms with Crippen molar-refractivity contribution < 1.29 is 9.18 Å². The summed E-state index contributed by atoms with van der Waals surface area (Å²) in [5, 5.41) is 3.87. The molecule has 1 aliphatic carbocycles. The molecule has 0 atom stereocenters. The fourth-order valence-corrected chi connectivity index (χ4v) is 4.31. The highest BCUT2D eigenvalue weighted by Gasteiger charge is 2.22. The van der Waals surface area contributed by atoms with Crippen LogP contribution < -0.4 is 10.0 Å². The number of carbonyl (C=O) groups excluding carboxylic acids is 1. The first-order valence-electron chi connectivity index (χ1n) is 10.1. The number of H-pyrrole nitrogens is 1. The average Bonchev–Trinajstić information content (AvgIpc) is 3.21. The van der Waals surface area contributed by atoms with Gasteiger partial charge in [0.1, 0.15) is 17.3 Å². The van der Waals surface area contributed by atoms with Crippen molar-refractivity contribution >= 4 is 40.4 Å². The monoisotopic (exact) mass is 412 g/mol. The van der Waals surface area contributed by atoms with Gasteiger partial charge in [0.2, 0.25) is 5.91 Å². The van der Waals surface area contributed by atoms with Crippen LogP contribution in [0.1, 0.15) is 39.0 Å². The topological polar surface area (TPSA) is 69.8 Å². The van der Waals surface area contributed by atoms with Gasteiger partial charge in [-0.1, -0.05) is 44.2 Å². The number of aromatic amines is 1. The number of aromatic nitrogens is 2. The molecule has 0 unspecified atom stereocenters. The van der Waals surface area contributed by atoms with E-state index in [-0.39, 0.29) is 17.6 Å². The van der Waals surface area contributed by atoms with Crippen LogP contribution in [-0.2, 0) is 4.79 Å². The van der Waals surface area contributed by atoms with E-state index in [1.165, 1.54) is 24.4 Å². The Hall–Kier alpha value is -2.54. The smallest absolute Gasteiger partial charge is 0.228 e. The second kappa shape index (κ2) is 8.86. The van der Waals surface area contributed by atoms with Crippen molar-refractivity contribution in [3.05, 3.63) is 42.3 Å². The van der Waals surface area contributed by atoms with E-state index in [0.717, 1.165) is 47.9 Å². The molecule has 1 aliphatic rings. The maximum Gasteiger partial charge on any atom is 0.228 e. The molecule has 2 aromatic heterocycles. The van der Waals surface area contributed by atoms with E-state index in [4.69, 9.17) is 0 Å². The van der Waals surface area contributed by atoms with Gasteiger partial charge in [0, 0.05) is 23.3 Å². The predicted octanol–water partition coefficient (Wildman–Crippen LogP) is 5.97. The molecular formula is C22H25FN4OS. The fourth-order valence-electron chi connectivity index (χ4n) is 3.85. The van der Waals surface area contributed by atoms with Crippen LogP contribution in [0.25, 0.3) is 22.2 Å². The molecule has 0 saturated heterocycles. The Kier molecular flexibility index (Phi) is 6.04. The normalized spacial score (nSPS) is 14.8. The number of rotatable bonds is 6. The van der Waals surface area contributed by atoms with E-state index in [2.05, 4.69) is 20.0 Å². The predicted molar refractivity (Wildman–Crippen MR) is 118 cm³/mol. The Morgan fingerprint density at radius 2 is 2.07 bits per heavy atom. The minimum atomic E-state index is -0.309. The van der Waals surface area contributed by atoms with Crippen molar-refractivity contribution in [3.63, 3.8) is 0 Å². The lowest BCUT2D eigenvalue weighted by Crippen LogP contribution is -2.25. The molecule has 0 spiro atoms. The number of halogens is 1. The number of fused-ring (bicyclic) bond motifs is 1. The Morgan fingerprint density at radius 3 is 2.83 bits per heavy atom. The number of anilines is 2. The molecule has 1 fully saturated rings. The Balaban J connectivity index is 1.64. The second-order valence-electron chi connectivity index (χ2n) is 7.35. The van der Waals surface area contributed by atoms with Gasteiger partial charge in [0.25, 0.3) is 0 Å². The van der Waals surface area contributed by atoms with E-state index >= 15 is 0 Å². The maximum absolute atomic E-state index is 14.6. The van der Waals surface area contributed by atoms with Gasteiger partial charge in [-0.2, -0.15) is 0 Å². The first-order chi connectivity index (χ1) is 14.2. The summed E-state index contributed by atoms with van der Waals surface area (Å²) in [7, 11) is 0. The summed E-state index contributed by atoms with van der Waals surface area (Å²) >= 11 is 1.45. The summed E-state index contributed by atoms with van der Waals surface area (Å²) in [5.74, 6) is 1.11. The highest BCUT2D eigenvalue weighted by Crippen LogP contribution is 2.33. The van der Waals surface area contributed by atoms with Gasteiger partial charge >= 0.3 is 0 Å². The van der Waals surface area contributed by atoms with Gasteiger partial charge in [-0.25, -0.2) is 9.37 Å². The zero-order chi connectivity index (χ0) is 20.2. The number of nitrogens with zero attached hydrogens (tertiary/aromatic N) is 1. The van der Waals surface area contributed by atoms with E-state index < -0.39 is 0 Å². The van der Waals surface area contributed by atoms with Crippen molar-refractivity contribution in [2.45, 2.75) is 39.0 Å². The molecule has 1 saturated carbocycles. The number of hydrogen-bond acceptors (Lipinski definition) is 4. The van der Waals surface area contributed by atoms with E-state index in [9.17, 15) is 9.18 Å². The lowest BCUT2D eigenvalue weighted by atomic mass is 9.88. The Bertz CT molecular complexity index is 1010. The number of nitrogens with one attached hydrogen (secondary N) is 3. The molecule has 1 amide bonds. The lowest BCUT2D eigenvalue weighted by molar-refractivity contribution is -0.120. The van der Waals surface area contributed by atoms with Crippen molar-refractivity contribution in [3.8, 4) is 11.1 Å². The molecule has 4 rings (SSSR count). The van der Waals surface area contributed by atoms with E-state index in [0.29, 0.717) is 17.2 Å². The molecule has 1 aromatic carbocycles. The van der Waals surface area contributed by atoms with Gasteiger partial charge < -0.3 is 15.0 Å². The van der Waals surface area contributed by atoms with Crippen LogP contribution in [0.3, 0.4) is 0 Å². The van der Waals surface area contributed by atoms with Gasteiger partial charge in [-0.15, -0.1) is 0 Å². The summed E-state index contributed by atoms with van der Waals surface area (Å²) < 4.78 is 17.6. The minimum absolute atomic E-state index is 0.0244. The lowest BCUT2D eigenvalue weighted by Gasteiger charge is -2.20. The number of carbonyl (C=O) groups is 1. The summed E-state index contributed by atoms with van der Waals surface area (Å²) in [6.45, 7) is 2.01. The van der Waals surface area contributed by atoms with Crippen LogP contribution >= 0.6 is 11.9 Å². The molecular weight excluding hydrogens is 387 g/mol. The number of amides is 1. The number of pyridine rings is 1. The molecule has 0 bridgehead atoms. The van der Waals surface area contributed by atoms with E-state index in [1.807, 2.05) is 25.1 Å². The van der Waals surface area contributed by atoms with Crippen molar-refractivity contribution in [2.24, 2.45) is 5.92 Å². The summed E-state index contributed by atoms with van der Waals surface area (Å²) in [6.07, 6.45) is 7.06. The third-order valence-corrected chi connectivity index (χ3v) is 6.02. The fraction of sp³-hybridized carbons (Fsp3) is 0.364. The first kappa shape index (κ1) is 19.8. The summed E-state index contributed by atoms with van der Waals surface area (Å²) in [6, 6.07) is 8.90. The first-order valence-corrected chi connectivity index (χ1v) is 11.1. The van der Waals surface area contributed by atoms with Crippen LogP contribution in [0.2, 0.25) is 0 Å². The van der Waals surface area contributed by atoms with Crippen LogP contribution in [0.5, 0.6) is 0 Å². The molecule has 2 heterocycles. The van der Waals surface area contributed by atoms with Gasteiger partial charge in [0.05, 0.1) is 5.69 Å². The Labute approximate surface area is 174 Å². The second-order valence-corrected chi connectivity index (χ2v) is 8.42. The third-order valence-electron chi connectivity index (χ3n) is 5.36. The molecule has 0 aliphatic heterocycles. The number of hydrogen-bond donors (Lipinski definition) is 3. The summed E-state index contributed by atoms with van der Waals surface area (Å²) in [4.78, 5) is 20.3. The quantitative estimate of drug-likeness (QED) is 0.436. The van der Waals surface area contributed by atoms with Gasteiger partial charge in [-0.05, 0) is 48.2 Å². The molecule has 29 heavy (non-hydrogen) atoms. The van der Waals surface area contributed by atoms with E-state index in [1.54, 1.807) is 12.3 Å². The molecule has 152 valence electrons. The van der Waals surface area contributed by atoms with Gasteiger partial charge in [0.15, 0.2) is 0 Å². The molecule has 3 aromatic rings. The van der Waals surface area contributed by atoms with Crippen molar-refractivity contribution in [1.82, 2.24) is 9.97 Å². The van der Waals surface area contributed by atoms with Crippen LogP contribution in [0.15, 0.2) is 36.5 Å². The molecule has 7 heteroatoms. The number of benzene rings is 1. The van der Waals surface area contributed by atoms with Crippen LogP contribution in [0.4, 0.5) is 15.9 Å². The highest BCUT2D eigenvalue weighted by molar-refractivity contribution is 8.00. The zero-order valence-electron chi connectivity index (χ0n) is 16.4. The molecule has 0 radical (unpaired) electrons. The van der Waals surface area contributed by atoms with Crippen molar-refractivity contribution in [2.75, 3.05) is 15.8 Å². The SMILES string of the molecule is CCSNc1ccc(-c2cc(NC(=O)C3CCCCC3)nc3[nH]ccc23)cc1F. The summed E-state index contributed by atoms with van der Waals surface area (Å²) in [5.41, 5.74) is 2.72.